The number of benzene rings is 1. The van der Waals surface area contributed by atoms with Crippen LogP contribution >= 0.6 is 0 Å². The highest BCUT2D eigenvalue weighted by atomic mass is 15.3. The van der Waals surface area contributed by atoms with Gasteiger partial charge in [-0.3, -0.25) is 4.90 Å². The molecule has 0 atom stereocenters. The molecule has 1 aromatic carbocycles. The minimum atomic E-state index is 0.612. The summed E-state index contributed by atoms with van der Waals surface area (Å²) in [7, 11) is 4.32. The van der Waals surface area contributed by atoms with E-state index in [1.165, 1.54) is 56.1 Å². The first-order chi connectivity index (χ1) is 11.6. The molecule has 0 aliphatic heterocycles. The van der Waals surface area contributed by atoms with Crippen molar-refractivity contribution in [3.05, 3.63) is 35.4 Å². The van der Waals surface area contributed by atoms with E-state index in [4.69, 9.17) is 5.73 Å². The molecule has 2 saturated carbocycles. The van der Waals surface area contributed by atoms with Crippen molar-refractivity contribution in [2.24, 2.45) is 10.7 Å². The lowest BCUT2D eigenvalue weighted by atomic mass is 9.94. The molecule has 0 unspecified atom stereocenters. The molecule has 2 N–H and O–H groups in total. The Kier molecular flexibility index (Phi) is 5.77. The van der Waals surface area contributed by atoms with Gasteiger partial charge in [0, 0.05) is 25.7 Å². The highest BCUT2D eigenvalue weighted by molar-refractivity contribution is 5.78. The Hall–Kier alpha value is -1.55. The summed E-state index contributed by atoms with van der Waals surface area (Å²) in [6.07, 6.45) is 9.34. The Labute approximate surface area is 146 Å². The lowest BCUT2D eigenvalue weighted by Crippen LogP contribution is -2.35. The summed E-state index contributed by atoms with van der Waals surface area (Å²) >= 11 is 0. The molecule has 1 aromatic rings. The molecule has 24 heavy (non-hydrogen) atoms. The summed E-state index contributed by atoms with van der Waals surface area (Å²) < 4.78 is 0. The third-order valence-electron chi connectivity index (χ3n) is 5.60. The number of rotatable bonds is 6. The van der Waals surface area contributed by atoms with Crippen molar-refractivity contribution in [2.75, 3.05) is 14.1 Å². The van der Waals surface area contributed by atoms with Crippen LogP contribution in [-0.2, 0) is 13.1 Å². The fourth-order valence-electron chi connectivity index (χ4n) is 3.71. The van der Waals surface area contributed by atoms with Crippen LogP contribution in [0, 0.1) is 0 Å². The van der Waals surface area contributed by atoms with Crippen LogP contribution in [0.5, 0.6) is 0 Å². The molecule has 132 valence electrons. The van der Waals surface area contributed by atoms with Crippen molar-refractivity contribution in [2.45, 2.75) is 70.1 Å². The van der Waals surface area contributed by atoms with Crippen molar-refractivity contribution in [3.8, 4) is 0 Å². The second-order valence-corrected chi connectivity index (χ2v) is 7.49. The van der Waals surface area contributed by atoms with E-state index in [1.54, 1.807) is 0 Å². The Morgan fingerprint density at radius 1 is 1.00 bits per heavy atom. The number of guanidine groups is 1. The molecule has 4 heteroatoms. The van der Waals surface area contributed by atoms with Gasteiger partial charge < -0.3 is 10.6 Å². The quantitative estimate of drug-likeness (QED) is 0.643. The smallest absolute Gasteiger partial charge is 0.191 e. The summed E-state index contributed by atoms with van der Waals surface area (Å²) in [6.45, 7) is 1.69. The number of hydrogen-bond acceptors (Lipinski definition) is 2. The molecule has 0 aromatic heterocycles. The molecule has 2 fully saturated rings. The average Bonchev–Trinajstić information content (AvgIpc) is 3.46. The lowest BCUT2D eigenvalue weighted by molar-refractivity contribution is 0.184. The van der Waals surface area contributed by atoms with Crippen molar-refractivity contribution in [1.29, 1.82) is 0 Å². The van der Waals surface area contributed by atoms with E-state index >= 15 is 0 Å². The van der Waals surface area contributed by atoms with Gasteiger partial charge in [-0.1, -0.05) is 43.5 Å². The maximum Gasteiger partial charge on any atom is 0.191 e. The van der Waals surface area contributed by atoms with Crippen LogP contribution in [0.4, 0.5) is 0 Å². The summed E-state index contributed by atoms with van der Waals surface area (Å²) in [4.78, 5) is 9.29. The molecule has 2 aliphatic rings. The number of hydrogen-bond donors (Lipinski definition) is 1. The highest BCUT2D eigenvalue weighted by Crippen LogP contribution is 2.25. The monoisotopic (exact) mass is 328 g/mol. The first-order valence-corrected chi connectivity index (χ1v) is 9.45. The molecule has 0 radical (unpaired) electrons. The zero-order valence-electron chi connectivity index (χ0n) is 15.2. The van der Waals surface area contributed by atoms with E-state index in [-0.39, 0.29) is 0 Å². The normalized spacial score (nSPS) is 19.7. The third kappa shape index (κ3) is 4.50. The van der Waals surface area contributed by atoms with E-state index in [9.17, 15) is 0 Å². The van der Waals surface area contributed by atoms with Crippen molar-refractivity contribution in [3.63, 3.8) is 0 Å². The van der Waals surface area contributed by atoms with Gasteiger partial charge in [0.1, 0.15) is 0 Å². The third-order valence-corrected chi connectivity index (χ3v) is 5.60. The molecular formula is C20H32N4. The minimum Gasteiger partial charge on any atom is -0.370 e. The SMILES string of the molecule is CN(Cc1ccccc1CN=C(N)N(C)C1CC1)C1CCCCC1. The lowest BCUT2D eigenvalue weighted by Gasteiger charge is -2.31. The Bertz CT molecular complexity index is 559. The summed E-state index contributed by atoms with van der Waals surface area (Å²) in [5.41, 5.74) is 8.82. The zero-order valence-corrected chi connectivity index (χ0v) is 15.2. The van der Waals surface area contributed by atoms with Crippen LogP contribution in [0.2, 0.25) is 0 Å². The first-order valence-electron chi connectivity index (χ1n) is 9.45. The summed E-state index contributed by atoms with van der Waals surface area (Å²) in [6, 6.07) is 10.0. The summed E-state index contributed by atoms with van der Waals surface area (Å²) in [5.74, 6) is 0.674. The van der Waals surface area contributed by atoms with Gasteiger partial charge >= 0.3 is 0 Å². The standard InChI is InChI=1S/C20H32N4/c1-23(18-10-4-3-5-11-18)15-17-9-7-6-8-16(17)14-22-20(21)24(2)19-12-13-19/h6-9,18-19H,3-5,10-15H2,1-2H3,(H2,21,22). The Morgan fingerprint density at radius 2 is 1.67 bits per heavy atom. The minimum absolute atomic E-state index is 0.612. The van der Waals surface area contributed by atoms with Crippen LogP contribution in [0.15, 0.2) is 29.3 Å². The van der Waals surface area contributed by atoms with Gasteiger partial charge in [0.05, 0.1) is 6.54 Å². The van der Waals surface area contributed by atoms with Crippen LogP contribution in [0.25, 0.3) is 0 Å². The van der Waals surface area contributed by atoms with Crippen LogP contribution in [-0.4, -0.2) is 41.9 Å². The largest absolute Gasteiger partial charge is 0.370 e. The molecule has 0 heterocycles. The molecular weight excluding hydrogens is 296 g/mol. The van der Waals surface area contributed by atoms with Gasteiger partial charge in [0.2, 0.25) is 0 Å². The van der Waals surface area contributed by atoms with E-state index in [0.717, 1.165) is 12.6 Å². The van der Waals surface area contributed by atoms with Gasteiger partial charge in [0.15, 0.2) is 5.96 Å². The fourth-order valence-corrected chi connectivity index (χ4v) is 3.71. The average molecular weight is 329 g/mol. The van der Waals surface area contributed by atoms with Crippen molar-refractivity contribution < 1.29 is 0 Å². The Balaban J connectivity index is 1.62. The molecule has 4 nitrogen and oxygen atoms in total. The van der Waals surface area contributed by atoms with Crippen LogP contribution in [0.3, 0.4) is 0 Å². The topological polar surface area (TPSA) is 44.9 Å². The number of nitrogens with zero attached hydrogens (tertiary/aromatic N) is 3. The Morgan fingerprint density at radius 3 is 2.33 bits per heavy atom. The van der Waals surface area contributed by atoms with Gasteiger partial charge in [-0.25, -0.2) is 4.99 Å². The van der Waals surface area contributed by atoms with Crippen LogP contribution in [0.1, 0.15) is 56.1 Å². The van der Waals surface area contributed by atoms with E-state index in [0.29, 0.717) is 18.5 Å². The number of aliphatic imine (C=N–C) groups is 1. The van der Waals surface area contributed by atoms with E-state index < -0.39 is 0 Å². The second-order valence-electron chi connectivity index (χ2n) is 7.49. The van der Waals surface area contributed by atoms with Gasteiger partial charge in [-0.05, 0) is 43.9 Å². The maximum atomic E-state index is 6.14. The van der Waals surface area contributed by atoms with E-state index in [1.807, 2.05) is 0 Å². The zero-order chi connectivity index (χ0) is 16.9. The fraction of sp³-hybridized carbons (Fsp3) is 0.650. The van der Waals surface area contributed by atoms with Gasteiger partial charge in [-0.15, -0.1) is 0 Å². The number of nitrogens with two attached hydrogens (primary N) is 1. The van der Waals surface area contributed by atoms with E-state index in [2.05, 4.69) is 53.2 Å². The molecule has 0 spiro atoms. The first kappa shape index (κ1) is 17.3. The predicted octanol–water partition coefficient (Wildman–Crippen LogP) is 3.36. The van der Waals surface area contributed by atoms with Crippen molar-refractivity contribution in [1.82, 2.24) is 9.80 Å². The van der Waals surface area contributed by atoms with Gasteiger partial charge in [0.25, 0.3) is 0 Å². The van der Waals surface area contributed by atoms with Crippen molar-refractivity contribution >= 4 is 5.96 Å². The highest BCUT2D eigenvalue weighted by Gasteiger charge is 2.27. The summed E-state index contributed by atoms with van der Waals surface area (Å²) in [5, 5.41) is 0. The maximum absolute atomic E-state index is 6.14. The molecule has 0 bridgehead atoms. The molecule has 0 amide bonds. The molecule has 3 rings (SSSR count). The molecule has 2 aliphatic carbocycles. The second kappa shape index (κ2) is 8.02. The molecule has 0 saturated heterocycles. The van der Waals surface area contributed by atoms with Gasteiger partial charge in [-0.2, -0.15) is 0 Å². The van der Waals surface area contributed by atoms with Crippen LogP contribution < -0.4 is 5.73 Å². The predicted molar refractivity (Wildman–Crippen MR) is 101 cm³/mol.